The van der Waals surface area contributed by atoms with E-state index in [1.165, 1.54) is 0 Å². The molecule has 17 heavy (non-hydrogen) atoms. The highest BCUT2D eigenvalue weighted by atomic mass is 79.9. The Morgan fingerprint density at radius 1 is 1.53 bits per heavy atom. The van der Waals surface area contributed by atoms with Gasteiger partial charge >= 0.3 is 0 Å². The van der Waals surface area contributed by atoms with Crippen molar-refractivity contribution in [3.63, 3.8) is 0 Å². The van der Waals surface area contributed by atoms with E-state index in [9.17, 15) is 0 Å². The fourth-order valence-corrected chi connectivity index (χ4v) is 1.95. The topological polar surface area (TPSA) is 35.2 Å². The summed E-state index contributed by atoms with van der Waals surface area (Å²) < 4.78 is 7.54. The fourth-order valence-electron chi connectivity index (χ4n) is 1.43. The molecule has 0 heterocycles. The Labute approximate surface area is 119 Å². The van der Waals surface area contributed by atoms with Crippen molar-refractivity contribution in [3.05, 3.63) is 39.3 Å². The van der Waals surface area contributed by atoms with E-state index in [-0.39, 0.29) is 6.04 Å². The molecule has 0 aliphatic rings. The van der Waals surface area contributed by atoms with Crippen LogP contribution in [0.2, 0.25) is 0 Å². The number of ether oxygens (including phenoxy) is 1. The Kier molecular flexibility index (Phi) is 6.23. The van der Waals surface area contributed by atoms with Crippen LogP contribution in [0, 0.1) is 0 Å². The zero-order valence-corrected chi connectivity index (χ0v) is 13.1. The van der Waals surface area contributed by atoms with Crippen LogP contribution in [-0.2, 0) is 6.42 Å². The molecule has 0 amide bonds. The lowest BCUT2D eigenvalue weighted by Gasteiger charge is -2.14. The highest BCUT2D eigenvalue weighted by Gasteiger charge is 2.09. The van der Waals surface area contributed by atoms with Gasteiger partial charge in [0.1, 0.15) is 12.4 Å². The summed E-state index contributed by atoms with van der Waals surface area (Å²) in [6.07, 6.45) is 1.77. The zero-order chi connectivity index (χ0) is 12.8. The maximum atomic E-state index is 5.98. The fraction of sp³-hybridized carbons (Fsp3) is 0.385. The molecular formula is C13H17Br2NO. The van der Waals surface area contributed by atoms with Crippen molar-refractivity contribution in [2.45, 2.75) is 25.8 Å². The first-order chi connectivity index (χ1) is 8.02. The molecule has 1 aromatic carbocycles. The largest absolute Gasteiger partial charge is 0.488 e. The van der Waals surface area contributed by atoms with Crippen molar-refractivity contribution in [3.8, 4) is 5.75 Å². The van der Waals surface area contributed by atoms with E-state index in [0.717, 1.165) is 33.1 Å². The molecule has 1 rings (SSSR count). The summed E-state index contributed by atoms with van der Waals surface area (Å²) in [5, 5.41) is 0. The van der Waals surface area contributed by atoms with Crippen molar-refractivity contribution >= 4 is 31.9 Å². The average molecular weight is 363 g/mol. The second kappa shape index (κ2) is 7.19. The van der Waals surface area contributed by atoms with Crippen LogP contribution < -0.4 is 10.5 Å². The van der Waals surface area contributed by atoms with Gasteiger partial charge in [-0.25, -0.2) is 0 Å². The summed E-state index contributed by atoms with van der Waals surface area (Å²) in [5.74, 6) is 0.873. The minimum absolute atomic E-state index is 0.166. The summed E-state index contributed by atoms with van der Waals surface area (Å²) in [7, 11) is 0. The number of hydrogen-bond acceptors (Lipinski definition) is 2. The van der Waals surface area contributed by atoms with Gasteiger partial charge in [0.2, 0.25) is 0 Å². The molecule has 0 saturated carbocycles. The van der Waals surface area contributed by atoms with Gasteiger partial charge in [-0.2, -0.15) is 0 Å². The first-order valence-corrected chi connectivity index (χ1v) is 7.11. The van der Waals surface area contributed by atoms with Gasteiger partial charge in [-0.15, -0.1) is 0 Å². The molecule has 0 fully saturated rings. The molecule has 0 aromatic heterocycles. The van der Waals surface area contributed by atoms with Gasteiger partial charge < -0.3 is 10.5 Å². The highest BCUT2D eigenvalue weighted by Crippen LogP contribution is 2.25. The monoisotopic (exact) mass is 361 g/mol. The Morgan fingerprint density at radius 3 is 2.82 bits per heavy atom. The first-order valence-electron chi connectivity index (χ1n) is 5.53. The number of hydrogen-bond donors (Lipinski definition) is 1. The third-order valence-electron chi connectivity index (χ3n) is 2.41. The van der Waals surface area contributed by atoms with E-state index in [4.69, 9.17) is 10.5 Å². The van der Waals surface area contributed by atoms with Crippen LogP contribution >= 0.6 is 31.9 Å². The maximum absolute atomic E-state index is 5.98. The van der Waals surface area contributed by atoms with Gasteiger partial charge in [0.05, 0.1) is 0 Å². The van der Waals surface area contributed by atoms with E-state index >= 15 is 0 Å². The summed E-state index contributed by atoms with van der Waals surface area (Å²) >= 11 is 6.75. The second-order valence-electron chi connectivity index (χ2n) is 3.93. The van der Waals surface area contributed by atoms with Gasteiger partial charge in [-0.05, 0) is 36.6 Å². The zero-order valence-electron chi connectivity index (χ0n) is 9.88. The number of rotatable bonds is 6. The second-order valence-corrected chi connectivity index (χ2v) is 5.97. The van der Waals surface area contributed by atoms with E-state index in [0.29, 0.717) is 6.61 Å². The quantitative estimate of drug-likeness (QED) is 0.829. The molecule has 0 bridgehead atoms. The molecule has 94 valence electrons. The lowest BCUT2D eigenvalue weighted by Crippen LogP contribution is -2.21. The first kappa shape index (κ1) is 14.7. The molecule has 4 heteroatoms. The molecule has 1 atom stereocenters. The average Bonchev–Trinajstić information content (AvgIpc) is 2.27. The van der Waals surface area contributed by atoms with Crippen LogP contribution in [0.4, 0.5) is 0 Å². The van der Waals surface area contributed by atoms with Gasteiger partial charge in [0.25, 0.3) is 0 Å². The van der Waals surface area contributed by atoms with Gasteiger partial charge in [-0.3, -0.25) is 0 Å². The molecule has 0 saturated heterocycles. The summed E-state index contributed by atoms with van der Waals surface area (Å²) in [6, 6.07) is 6.14. The van der Waals surface area contributed by atoms with Crippen LogP contribution in [-0.4, -0.2) is 12.6 Å². The summed E-state index contributed by atoms with van der Waals surface area (Å²) in [4.78, 5) is 0. The number of benzene rings is 1. The van der Waals surface area contributed by atoms with Crippen molar-refractivity contribution in [2.75, 3.05) is 6.61 Å². The lowest BCUT2D eigenvalue weighted by atomic mass is 10.0. The molecule has 1 aromatic rings. The molecule has 0 aliphatic carbocycles. The van der Waals surface area contributed by atoms with Crippen molar-refractivity contribution in [2.24, 2.45) is 5.73 Å². The number of halogens is 2. The van der Waals surface area contributed by atoms with Crippen LogP contribution in [0.1, 0.15) is 18.9 Å². The Bertz CT molecular complexity index is 393. The Morgan fingerprint density at radius 2 is 2.24 bits per heavy atom. The predicted octanol–water partition coefficient (Wildman–Crippen LogP) is 4.02. The maximum Gasteiger partial charge on any atom is 0.123 e. The molecule has 0 aliphatic heterocycles. The van der Waals surface area contributed by atoms with E-state index < -0.39 is 0 Å². The normalized spacial score (nSPS) is 12.2. The smallest absolute Gasteiger partial charge is 0.123 e. The molecular weight excluding hydrogens is 346 g/mol. The van der Waals surface area contributed by atoms with Gasteiger partial charge in [0.15, 0.2) is 0 Å². The Hall–Kier alpha value is -0.320. The van der Waals surface area contributed by atoms with Gasteiger partial charge in [-0.1, -0.05) is 45.4 Å². The molecule has 2 N–H and O–H groups in total. The molecule has 2 nitrogen and oxygen atoms in total. The summed E-state index contributed by atoms with van der Waals surface area (Å²) in [6.45, 7) is 6.31. The van der Waals surface area contributed by atoms with E-state index in [1.807, 2.05) is 12.1 Å². The third kappa shape index (κ3) is 5.23. The predicted molar refractivity (Wildman–Crippen MR) is 79.7 cm³/mol. The summed E-state index contributed by atoms with van der Waals surface area (Å²) in [5.41, 5.74) is 7.11. The van der Waals surface area contributed by atoms with Gasteiger partial charge in [0, 0.05) is 15.0 Å². The van der Waals surface area contributed by atoms with Crippen LogP contribution in [0.5, 0.6) is 5.75 Å². The SMILES string of the molecule is C=C(Br)COc1ccc(Br)cc1CC(N)CC. The van der Waals surface area contributed by atoms with Crippen LogP contribution in [0.3, 0.4) is 0 Å². The lowest BCUT2D eigenvalue weighted by molar-refractivity contribution is 0.355. The van der Waals surface area contributed by atoms with E-state index in [2.05, 4.69) is 51.4 Å². The minimum Gasteiger partial charge on any atom is -0.488 e. The molecule has 1 unspecified atom stereocenters. The van der Waals surface area contributed by atoms with Crippen molar-refractivity contribution in [1.82, 2.24) is 0 Å². The van der Waals surface area contributed by atoms with Crippen molar-refractivity contribution < 1.29 is 4.74 Å². The third-order valence-corrected chi connectivity index (χ3v) is 3.14. The molecule has 0 spiro atoms. The Balaban J connectivity index is 2.83. The van der Waals surface area contributed by atoms with Crippen molar-refractivity contribution in [1.29, 1.82) is 0 Å². The number of nitrogens with two attached hydrogens (primary N) is 1. The highest BCUT2D eigenvalue weighted by molar-refractivity contribution is 9.11. The minimum atomic E-state index is 0.166. The van der Waals surface area contributed by atoms with Crippen LogP contribution in [0.25, 0.3) is 0 Å². The van der Waals surface area contributed by atoms with E-state index in [1.54, 1.807) is 0 Å². The molecule has 0 radical (unpaired) electrons. The van der Waals surface area contributed by atoms with Crippen LogP contribution in [0.15, 0.2) is 33.7 Å². The standard InChI is InChI=1S/C13H17Br2NO/c1-3-12(16)7-10-6-11(15)4-5-13(10)17-8-9(2)14/h4-6,12H,2-3,7-8,16H2,1H3.